The molecule has 114 valence electrons. The van der Waals surface area contributed by atoms with Crippen molar-refractivity contribution in [1.82, 2.24) is 9.78 Å². The molecular weight excluding hydrogens is 264 g/mol. The first-order valence-corrected chi connectivity index (χ1v) is 7.85. The molecule has 1 atom stereocenters. The molecule has 0 aliphatic heterocycles. The van der Waals surface area contributed by atoms with E-state index >= 15 is 0 Å². The third-order valence-electron chi connectivity index (χ3n) is 4.77. The average Bonchev–Trinajstić information content (AvgIpc) is 2.81. The van der Waals surface area contributed by atoms with Crippen molar-refractivity contribution in [3.8, 4) is 0 Å². The smallest absolute Gasteiger partial charge is 0.0729 e. The number of aliphatic hydroxyl groups excluding tert-OH is 1. The fourth-order valence-corrected chi connectivity index (χ4v) is 3.38. The molecule has 0 radical (unpaired) electrons. The first kappa shape index (κ1) is 14.5. The van der Waals surface area contributed by atoms with E-state index in [9.17, 15) is 5.11 Å². The van der Waals surface area contributed by atoms with Crippen molar-refractivity contribution in [3.05, 3.63) is 30.0 Å². The highest BCUT2D eigenvalue weighted by molar-refractivity contribution is 5.82. The van der Waals surface area contributed by atoms with Crippen LogP contribution >= 0.6 is 0 Å². The number of benzene rings is 1. The number of hydrogen-bond acceptors (Lipinski definition) is 3. The third kappa shape index (κ3) is 2.70. The Kier molecular flexibility index (Phi) is 4.00. The lowest BCUT2D eigenvalue weighted by Crippen LogP contribution is -2.42. The molecule has 1 saturated carbocycles. The van der Waals surface area contributed by atoms with Gasteiger partial charge in [0, 0.05) is 31.9 Å². The van der Waals surface area contributed by atoms with Crippen LogP contribution in [0.5, 0.6) is 0 Å². The highest BCUT2D eigenvalue weighted by atomic mass is 16.5. The Hall–Kier alpha value is -1.39. The zero-order valence-corrected chi connectivity index (χ0v) is 12.9. The SMILES string of the molecule is CCn1nc(CC(O)CC2(OC)CCC2)c2ccccc21. The van der Waals surface area contributed by atoms with Crippen molar-refractivity contribution in [2.75, 3.05) is 7.11 Å². The Bertz CT molecular complexity index is 611. The molecule has 1 aromatic carbocycles. The van der Waals surface area contributed by atoms with E-state index < -0.39 is 6.10 Å². The van der Waals surface area contributed by atoms with Gasteiger partial charge < -0.3 is 9.84 Å². The van der Waals surface area contributed by atoms with E-state index in [-0.39, 0.29) is 5.60 Å². The number of hydrogen-bond donors (Lipinski definition) is 1. The molecule has 1 unspecified atom stereocenters. The zero-order chi connectivity index (χ0) is 14.9. The average molecular weight is 288 g/mol. The summed E-state index contributed by atoms with van der Waals surface area (Å²) in [7, 11) is 1.76. The number of aryl methyl sites for hydroxylation is 1. The minimum Gasteiger partial charge on any atom is -0.393 e. The third-order valence-corrected chi connectivity index (χ3v) is 4.77. The van der Waals surface area contributed by atoms with Crippen LogP contribution in [0.25, 0.3) is 10.9 Å². The van der Waals surface area contributed by atoms with Crippen LogP contribution in [-0.4, -0.2) is 33.7 Å². The van der Waals surface area contributed by atoms with Gasteiger partial charge in [-0.2, -0.15) is 5.10 Å². The quantitative estimate of drug-likeness (QED) is 0.889. The fourth-order valence-electron chi connectivity index (χ4n) is 3.38. The first-order valence-electron chi connectivity index (χ1n) is 7.85. The van der Waals surface area contributed by atoms with E-state index in [1.165, 1.54) is 6.42 Å². The van der Waals surface area contributed by atoms with E-state index in [1.807, 2.05) is 16.8 Å². The van der Waals surface area contributed by atoms with Crippen molar-refractivity contribution in [1.29, 1.82) is 0 Å². The summed E-state index contributed by atoms with van der Waals surface area (Å²) in [6, 6.07) is 8.24. The van der Waals surface area contributed by atoms with Crippen LogP contribution < -0.4 is 0 Å². The van der Waals surface area contributed by atoms with E-state index in [2.05, 4.69) is 24.2 Å². The highest BCUT2D eigenvalue weighted by Crippen LogP contribution is 2.39. The molecule has 3 rings (SSSR count). The predicted octanol–water partition coefficient (Wildman–Crippen LogP) is 2.92. The van der Waals surface area contributed by atoms with Gasteiger partial charge in [0.2, 0.25) is 0 Å². The monoisotopic (exact) mass is 288 g/mol. The molecule has 1 aromatic heterocycles. The predicted molar refractivity (Wildman–Crippen MR) is 83.3 cm³/mol. The van der Waals surface area contributed by atoms with Crippen LogP contribution in [0.2, 0.25) is 0 Å². The number of aliphatic hydroxyl groups is 1. The molecule has 2 aromatic rings. The maximum atomic E-state index is 10.4. The van der Waals surface area contributed by atoms with E-state index in [4.69, 9.17) is 4.74 Å². The molecule has 1 N–H and O–H groups in total. The van der Waals surface area contributed by atoms with Gasteiger partial charge in [-0.25, -0.2) is 0 Å². The van der Waals surface area contributed by atoms with E-state index in [0.29, 0.717) is 12.8 Å². The number of methoxy groups -OCH3 is 1. The van der Waals surface area contributed by atoms with Crippen LogP contribution in [0.3, 0.4) is 0 Å². The number of ether oxygens (including phenoxy) is 1. The summed E-state index contributed by atoms with van der Waals surface area (Å²) in [5.74, 6) is 0. The van der Waals surface area contributed by atoms with E-state index in [1.54, 1.807) is 7.11 Å². The number of nitrogens with zero attached hydrogens (tertiary/aromatic N) is 2. The first-order chi connectivity index (χ1) is 10.2. The number of rotatable bonds is 6. The van der Waals surface area contributed by atoms with Crippen molar-refractivity contribution in [2.45, 2.75) is 57.3 Å². The van der Waals surface area contributed by atoms with Crippen LogP contribution in [0.15, 0.2) is 24.3 Å². The molecule has 1 heterocycles. The van der Waals surface area contributed by atoms with Crippen molar-refractivity contribution in [2.24, 2.45) is 0 Å². The minimum absolute atomic E-state index is 0.0947. The molecule has 4 nitrogen and oxygen atoms in total. The Labute approximate surface area is 125 Å². The lowest BCUT2D eigenvalue weighted by molar-refractivity contribution is -0.0989. The van der Waals surface area contributed by atoms with Crippen molar-refractivity contribution >= 4 is 10.9 Å². The van der Waals surface area contributed by atoms with Gasteiger partial charge in [0.15, 0.2) is 0 Å². The molecule has 0 saturated heterocycles. The molecule has 4 heteroatoms. The minimum atomic E-state index is -0.395. The van der Waals surface area contributed by atoms with E-state index in [0.717, 1.165) is 36.0 Å². The molecule has 0 bridgehead atoms. The summed E-state index contributed by atoms with van der Waals surface area (Å²) in [5, 5.41) is 16.3. The Balaban J connectivity index is 1.78. The highest BCUT2D eigenvalue weighted by Gasteiger charge is 2.38. The van der Waals surface area contributed by atoms with Gasteiger partial charge in [0.05, 0.1) is 22.9 Å². The summed E-state index contributed by atoms with van der Waals surface area (Å²) in [4.78, 5) is 0. The van der Waals surface area contributed by atoms with Gasteiger partial charge in [0.1, 0.15) is 0 Å². The van der Waals surface area contributed by atoms with Gasteiger partial charge >= 0.3 is 0 Å². The fraction of sp³-hybridized carbons (Fsp3) is 0.588. The Morgan fingerprint density at radius 3 is 2.76 bits per heavy atom. The molecule has 0 amide bonds. The zero-order valence-electron chi connectivity index (χ0n) is 12.9. The maximum Gasteiger partial charge on any atom is 0.0729 e. The summed E-state index contributed by atoms with van der Waals surface area (Å²) in [5.41, 5.74) is 2.04. The maximum absolute atomic E-state index is 10.4. The second kappa shape index (κ2) is 5.78. The number of fused-ring (bicyclic) bond motifs is 1. The second-order valence-electron chi connectivity index (χ2n) is 6.08. The van der Waals surface area contributed by atoms with Gasteiger partial charge in [-0.15, -0.1) is 0 Å². The molecule has 21 heavy (non-hydrogen) atoms. The van der Waals surface area contributed by atoms with Crippen molar-refractivity contribution < 1.29 is 9.84 Å². The topological polar surface area (TPSA) is 47.3 Å². The number of aromatic nitrogens is 2. The Morgan fingerprint density at radius 1 is 1.38 bits per heavy atom. The summed E-state index contributed by atoms with van der Waals surface area (Å²) >= 11 is 0. The molecule has 1 aliphatic rings. The number of para-hydroxylation sites is 1. The Morgan fingerprint density at radius 2 is 2.14 bits per heavy atom. The normalized spacial score (nSPS) is 18.6. The lowest BCUT2D eigenvalue weighted by Gasteiger charge is -2.41. The van der Waals surface area contributed by atoms with Crippen LogP contribution in [0, 0.1) is 0 Å². The van der Waals surface area contributed by atoms with Crippen LogP contribution in [-0.2, 0) is 17.7 Å². The summed E-state index contributed by atoms with van der Waals surface area (Å²) in [6.45, 7) is 2.94. The van der Waals surface area contributed by atoms with Gasteiger partial charge in [-0.05, 0) is 32.3 Å². The lowest BCUT2D eigenvalue weighted by atomic mass is 9.75. The van der Waals surface area contributed by atoms with Gasteiger partial charge in [-0.3, -0.25) is 4.68 Å². The molecular formula is C17H24N2O2. The summed E-state index contributed by atoms with van der Waals surface area (Å²) in [6.07, 6.45) is 4.23. The molecule has 1 fully saturated rings. The summed E-state index contributed by atoms with van der Waals surface area (Å²) < 4.78 is 7.62. The van der Waals surface area contributed by atoms with Gasteiger partial charge in [0.25, 0.3) is 0 Å². The largest absolute Gasteiger partial charge is 0.393 e. The van der Waals surface area contributed by atoms with Gasteiger partial charge in [-0.1, -0.05) is 18.2 Å². The van der Waals surface area contributed by atoms with Crippen LogP contribution in [0.1, 0.15) is 38.3 Å². The van der Waals surface area contributed by atoms with Crippen molar-refractivity contribution in [3.63, 3.8) is 0 Å². The molecule has 0 spiro atoms. The second-order valence-corrected chi connectivity index (χ2v) is 6.08. The standard InChI is InChI=1S/C17H24N2O2/c1-3-19-16-8-5-4-7-14(16)15(18-19)11-13(20)12-17(21-2)9-6-10-17/h4-5,7-8,13,20H,3,6,9-12H2,1-2H3. The van der Waals surface area contributed by atoms with Crippen LogP contribution in [0.4, 0.5) is 0 Å². The molecule has 1 aliphatic carbocycles.